The van der Waals surface area contributed by atoms with Gasteiger partial charge in [0.15, 0.2) is 5.15 Å². The van der Waals surface area contributed by atoms with Gasteiger partial charge in [-0.15, -0.1) is 5.10 Å². The summed E-state index contributed by atoms with van der Waals surface area (Å²) in [6.45, 7) is 2.28. The molecule has 6 nitrogen and oxygen atoms in total. The minimum atomic E-state index is -0.277. The number of hydrogen-bond acceptors (Lipinski definition) is 5. The molecule has 0 bridgehead atoms. The summed E-state index contributed by atoms with van der Waals surface area (Å²) in [6, 6.07) is 3.23. The van der Waals surface area contributed by atoms with E-state index in [0.717, 1.165) is 5.69 Å². The number of ether oxygens (including phenoxy) is 1. The zero-order chi connectivity index (χ0) is 13.0. The third kappa shape index (κ3) is 3.16. The molecule has 1 aromatic rings. The first kappa shape index (κ1) is 13.2. The van der Waals surface area contributed by atoms with E-state index in [1.54, 1.807) is 13.1 Å². The van der Waals surface area contributed by atoms with E-state index in [-0.39, 0.29) is 11.9 Å². The van der Waals surface area contributed by atoms with Gasteiger partial charge >= 0.3 is 0 Å². The van der Waals surface area contributed by atoms with Gasteiger partial charge in [-0.25, -0.2) is 0 Å². The molecule has 1 amide bonds. The van der Waals surface area contributed by atoms with Crippen molar-refractivity contribution in [1.29, 1.82) is 0 Å². The molecule has 2 rings (SSSR count). The zero-order valence-electron chi connectivity index (χ0n) is 10.1. The Morgan fingerprint density at radius 1 is 1.61 bits per heavy atom. The van der Waals surface area contributed by atoms with Crippen LogP contribution in [0.3, 0.4) is 0 Å². The highest BCUT2D eigenvalue weighted by molar-refractivity contribution is 6.29. The second kappa shape index (κ2) is 6.08. The fourth-order valence-electron chi connectivity index (χ4n) is 1.87. The molecule has 1 N–H and O–H groups in total. The van der Waals surface area contributed by atoms with E-state index in [0.29, 0.717) is 31.5 Å². The molecule has 0 spiro atoms. The summed E-state index contributed by atoms with van der Waals surface area (Å²) in [5.74, 6) is -0.0448. The maximum absolute atomic E-state index is 11.7. The number of nitrogens with zero attached hydrogens (tertiary/aromatic N) is 3. The fraction of sp³-hybridized carbons (Fsp3) is 0.545. The number of likely N-dealkylation sites (N-methyl/N-ethyl adjacent to an activating group) is 1. The first-order valence-electron chi connectivity index (χ1n) is 5.72. The number of morpholine rings is 1. The summed E-state index contributed by atoms with van der Waals surface area (Å²) in [4.78, 5) is 13.8. The van der Waals surface area contributed by atoms with E-state index in [9.17, 15) is 4.79 Å². The van der Waals surface area contributed by atoms with Crippen LogP contribution in [0.4, 0.5) is 0 Å². The van der Waals surface area contributed by atoms with E-state index < -0.39 is 0 Å². The van der Waals surface area contributed by atoms with Crippen LogP contribution in [0.15, 0.2) is 12.1 Å². The molecule has 1 aromatic heterocycles. The topological polar surface area (TPSA) is 67.3 Å². The SMILES string of the molecule is CNC(=O)C1COCCN1Cc1ccc(Cl)nn1. The van der Waals surface area contributed by atoms with E-state index >= 15 is 0 Å². The van der Waals surface area contributed by atoms with Crippen LogP contribution in [0.2, 0.25) is 5.15 Å². The van der Waals surface area contributed by atoms with E-state index in [2.05, 4.69) is 15.5 Å². The highest BCUT2D eigenvalue weighted by Crippen LogP contribution is 2.12. The Bertz CT molecular complexity index is 412. The molecular weight excluding hydrogens is 256 g/mol. The second-order valence-electron chi connectivity index (χ2n) is 4.02. The molecule has 2 heterocycles. The second-order valence-corrected chi connectivity index (χ2v) is 4.41. The summed E-state index contributed by atoms with van der Waals surface area (Å²) in [5.41, 5.74) is 0.787. The largest absolute Gasteiger partial charge is 0.378 e. The Hall–Kier alpha value is -1.24. The van der Waals surface area contributed by atoms with Crippen molar-refractivity contribution in [3.05, 3.63) is 23.0 Å². The molecule has 1 unspecified atom stereocenters. The minimum absolute atomic E-state index is 0.0448. The van der Waals surface area contributed by atoms with E-state index in [4.69, 9.17) is 16.3 Å². The lowest BCUT2D eigenvalue weighted by atomic mass is 10.2. The first-order valence-corrected chi connectivity index (χ1v) is 6.10. The van der Waals surface area contributed by atoms with Crippen molar-refractivity contribution in [2.24, 2.45) is 0 Å². The van der Waals surface area contributed by atoms with Crippen molar-refractivity contribution in [3.8, 4) is 0 Å². The van der Waals surface area contributed by atoms with Gasteiger partial charge < -0.3 is 10.1 Å². The number of rotatable bonds is 3. The zero-order valence-corrected chi connectivity index (χ0v) is 10.9. The Kier molecular flexibility index (Phi) is 4.46. The van der Waals surface area contributed by atoms with Crippen molar-refractivity contribution in [2.75, 3.05) is 26.8 Å². The van der Waals surface area contributed by atoms with Crippen molar-refractivity contribution in [3.63, 3.8) is 0 Å². The van der Waals surface area contributed by atoms with Crippen molar-refractivity contribution >= 4 is 17.5 Å². The highest BCUT2D eigenvalue weighted by atomic mass is 35.5. The molecule has 0 aromatic carbocycles. The number of carbonyl (C=O) groups excluding carboxylic acids is 1. The molecule has 0 aliphatic carbocycles. The normalized spacial score (nSPS) is 20.7. The van der Waals surface area contributed by atoms with E-state index in [1.165, 1.54) is 0 Å². The Morgan fingerprint density at radius 2 is 2.44 bits per heavy atom. The molecular formula is C11H15ClN4O2. The van der Waals surface area contributed by atoms with Crippen LogP contribution >= 0.6 is 11.6 Å². The highest BCUT2D eigenvalue weighted by Gasteiger charge is 2.28. The molecule has 0 saturated carbocycles. The van der Waals surface area contributed by atoms with Gasteiger partial charge in [0.1, 0.15) is 6.04 Å². The lowest BCUT2D eigenvalue weighted by molar-refractivity contribution is -0.132. The van der Waals surface area contributed by atoms with Crippen LogP contribution in [-0.2, 0) is 16.1 Å². The van der Waals surface area contributed by atoms with Gasteiger partial charge in [-0.3, -0.25) is 9.69 Å². The minimum Gasteiger partial charge on any atom is -0.378 e. The van der Waals surface area contributed by atoms with Crippen LogP contribution in [0.5, 0.6) is 0 Å². The molecule has 18 heavy (non-hydrogen) atoms. The van der Waals surface area contributed by atoms with E-state index in [1.807, 2.05) is 11.0 Å². The number of carbonyl (C=O) groups is 1. The maximum Gasteiger partial charge on any atom is 0.239 e. The summed E-state index contributed by atoms with van der Waals surface area (Å²) in [6.07, 6.45) is 0. The quantitative estimate of drug-likeness (QED) is 0.842. The van der Waals surface area contributed by atoms with Gasteiger partial charge in [0, 0.05) is 20.1 Å². The van der Waals surface area contributed by atoms with Gasteiger partial charge in [0.05, 0.1) is 18.9 Å². The predicted molar refractivity (Wildman–Crippen MR) is 66.1 cm³/mol. The van der Waals surface area contributed by atoms with Gasteiger partial charge in [-0.1, -0.05) is 11.6 Å². The van der Waals surface area contributed by atoms with Crippen LogP contribution in [0.25, 0.3) is 0 Å². The van der Waals surface area contributed by atoms with Gasteiger partial charge in [-0.2, -0.15) is 5.10 Å². The number of halogens is 1. The van der Waals surface area contributed by atoms with Crippen molar-refractivity contribution in [1.82, 2.24) is 20.4 Å². The van der Waals surface area contributed by atoms with Crippen molar-refractivity contribution in [2.45, 2.75) is 12.6 Å². The number of amides is 1. The molecule has 1 aliphatic rings. The van der Waals surface area contributed by atoms with Crippen LogP contribution in [0.1, 0.15) is 5.69 Å². The summed E-state index contributed by atoms with van der Waals surface area (Å²) < 4.78 is 5.33. The average molecular weight is 271 g/mol. The fourth-order valence-corrected chi connectivity index (χ4v) is 1.97. The Morgan fingerprint density at radius 3 is 3.11 bits per heavy atom. The number of hydrogen-bond donors (Lipinski definition) is 1. The predicted octanol–water partition coefficient (Wildman–Crippen LogP) is 0.0768. The monoisotopic (exact) mass is 270 g/mol. The average Bonchev–Trinajstić information content (AvgIpc) is 2.41. The number of aromatic nitrogens is 2. The summed E-state index contributed by atoms with van der Waals surface area (Å²) in [7, 11) is 1.62. The number of nitrogens with one attached hydrogen (secondary N) is 1. The Labute approximate surface area is 110 Å². The molecule has 98 valence electrons. The maximum atomic E-state index is 11.7. The lowest BCUT2D eigenvalue weighted by Gasteiger charge is -2.33. The summed E-state index contributed by atoms with van der Waals surface area (Å²) >= 11 is 5.68. The first-order chi connectivity index (χ1) is 8.70. The molecule has 1 atom stereocenters. The smallest absolute Gasteiger partial charge is 0.239 e. The molecule has 7 heteroatoms. The van der Waals surface area contributed by atoms with Crippen molar-refractivity contribution < 1.29 is 9.53 Å². The summed E-state index contributed by atoms with van der Waals surface area (Å²) in [5, 5.41) is 10.8. The van der Waals surface area contributed by atoms with Crippen LogP contribution in [0, 0.1) is 0 Å². The molecule has 1 saturated heterocycles. The third-order valence-corrected chi connectivity index (χ3v) is 3.04. The Balaban J connectivity index is 2.05. The molecule has 1 fully saturated rings. The lowest BCUT2D eigenvalue weighted by Crippen LogP contribution is -2.52. The third-order valence-electron chi connectivity index (χ3n) is 2.84. The molecule has 0 radical (unpaired) electrons. The standard InChI is InChI=1S/C11H15ClN4O2/c1-13-11(17)9-7-18-5-4-16(9)6-8-2-3-10(12)15-14-8/h2-3,9H,4-7H2,1H3,(H,13,17). The van der Waals surface area contributed by atoms with Gasteiger partial charge in [0.25, 0.3) is 0 Å². The van der Waals surface area contributed by atoms with Gasteiger partial charge in [-0.05, 0) is 12.1 Å². The van der Waals surface area contributed by atoms with Gasteiger partial charge in [0.2, 0.25) is 5.91 Å². The molecule has 1 aliphatic heterocycles. The van der Waals surface area contributed by atoms with Crippen LogP contribution in [-0.4, -0.2) is 53.9 Å². The van der Waals surface area contributed by atoms with Crippen LogP contribution < -0.4 is 5.32 Å².